The van der Waals surface area contributed by atoms with Crippen molar-refractivity contribution in [3.05, 3.63) is 107 Å². The number of nitrogens with one attached hydrogen (secondary N) is 1. The van der Waals surface area contributed by atoms with E-state index in [1.165, 1.54) is 16.7 Å². The van der Waals surface area contributed by atoms with Gasteiger partial charge in [0, 0.05) is 6.54 Å². The van der Waals surface area contributed by atoms with Gasteiger partial charge in [-0.1, -0.05) is 84.9 Å². The Morgan fingerprint density at radius 3 is 1.62 bits per heavy atom. The monoisotopic (exact) mass is 317 g/mol. The van der Waals surface area contributed by atoms with Crippen molar-refractivity contribution in [2.24, 2.45) is 0 Å². The summed E-state index contributed by atoms with van der Waals surface area (Å²) in [5.74, 6) is 0. The highest BCUT2D eigenvalue weighted by molar-refractivity contribution is 5.37. The largest absolute Gasteiger partial charge is 0.392 e. The third-order valence-electron chi connectivity index (χ3n) is 4.55. The average molecular weight is 317 g/mol. The molecule has 0 amide bonds. The van der Waals surface area contributed by atoms with E-state index in [2.05, 4.69) is 72.9 Å². The summed E-state index contributed by atoms with van der Waals surface area (Å²) in [4.78, 5) is 0. The van der Waals surface area contributed by atoms with E-state index in [4.69, 9.17) is 5.11 Å². The molecule has 0 heterocycles. The third kappa shape index (κ3) is 3.56. The number of benzene rings is 3. The maximum absolute atomic E-state index is 9.17. The van der Waals surface area contributed by atoms with E-state index in [-0.39, 0.29) is 12.1 Å². The highest BCUT2D eigenvalue weighted by atomic mass is 16.3. The lowest BCUT2D eigenvalue weighted by Crippen LogP contribution is -2.40. The number of rotatable bonds is 6. The highest BCUT2D eigenvalue weighted by Gasteiger charge is 2.27. The molecule has 122 valence electrons. The van der Waals surface area contributed by atoms with Crippen LogP contribution in [0.4, 0.5) is 0 Å². The van der Waals surface area contributed by atoms with Crippen LogP contribution in [0.3, 0.4) is 0 Å². The van der Waals surface area contributed by atoms with Crippen molar-refractivity contribution in [2.75, 3.05) is 0 Å². The van der Waals surface area contributed by atoms with Crippen molar-refractivity contribution in [1.29, 1.82) is 0 Å². The van der Waals surface area contributed by atoms with Crippen LogP contribution in [-0.2, 0) is 18.7 Å². The molecule has 2 N–H and O–H groups in total. The fourth-order valence-electron chi connectivity index (χ4n) is 2.96. The molecule has 3 rings (SSSR count). The van der Waals surface area contributed by atoms with Crippen molar-refractivity contribution in [3.63, 3.8) is 0 Å². The van der Waals surface area contributed by atoms with E-state index in [9.17, 15) is 0 Å². The summed E-state index contributed by atoms with van der Waals surface area (Å²) < 4.78 is 0. The van der Waals surface area contributed by atoms with E-state index in [1.54, 1.807) is 0 Å². The van der Waals surface area contributed by atoms with Gasteiger partial charge in [0.1, 0.15) is 0 Å². The summed E-state index contributed by atoms with van der Waals surface area (Å²) >= 11 is 0. The topological polar surface area (TPSA) is 32.3 Å². The molecule has 0 radical (unpaired) electrons. The Labute approximate surface area is 143 Å². The second-order valence-corrected chi connectivity index (χ2v) is 6.19. The van der Waals surface area contributed by atoms with E-state index in [1.807, 2.05) is 24.3 Å². The minimum atomic E-state index is -0.266. The molecule has 0 aliphatic carbocycles. The molecule has 0 atom stereocenters. The molecule has 3 aromatic carbocycles. The second kappa shape index (κ2) is 7.43. The lowest BCUT2D eigenvalue weighted by molar-refractivity contribution is 0.282. The molecule has 24 heavy (non-hydrogen) atoms. The first-order chi connectivity index (χ1) is 11.7. The standard InChI is InChI=1S/C22H23NO/c1-22(20-8-4-2-5-9-20,21-10-6-3-7-11-21)23-16-18-12-14-19(17-24)15-13-18/h2-15,23-24H,16-17H2,1H3. The molecule has 0 unspecified atom stereocenters. The minimum Gasteiger partial charge on any atom is -0.392 e. The number of hydrogen-bond acceptors (Lipinski definition) is 2. The lowest BCUT2D eigenvalue weighted by Gasteiger charge is -2.32. The van der Waals surface area contributed by atoms with Gasteiger partial charge in [0.15, 0.2) is 0 Å². The first-order valence-corrected chi connectivity index (χ1v) is 8.27. The third-order valence-corrected chi connectivity index (χ3v) is 4.55. The zero-order chi connectivity index (χ0) is 16.8. The van der Waals surface area contributed by atoms with Gasteiger partial charge in [-0.3, -0.25) is 5.32 Å². The number of aliphatic hydroxyl groups is 1. The van der Waals surface area contributed by atoms with Crippen LogP contribution < -0.4 is 5.32 Å². The molecule has 3 aromatic rings. The Morgan fingerprint density at radius 2 is 1.17 bits per heavy atom. The minimum absolute atomic E-state index is 0.0828. The van der Waals surface area contributed by atoms with Crippen LogP contribution in [0.1, 0.15) is 29.2 Å². The number of hydrogen-bond donors (Lipinski definition) is 2. The van der Waals surface area contributed by atoms with Gasteiger partial charge in [-0.05, 0) is 29.2 Å². The van der Waals surface area contributed by atoms with E-state index < -0.39 is 0 Å². The van der Waals surface area contributed by atoms with Crippen LogP contribution in [-0.4, -0.2) is 5.11 Å². The van der Waals surface area contributed by atoms with Crippen LogP contribution in [0.15, 0.2) is 84.9 Å². The summed E-state index contributed by atoms with van der Waals surface area (Å²) in [7, 11) is 0. The van der Waals surface area contributed by atoms with Crippen molar-refractivity contribution < 1.29 is 5.11 Å². The quantitative estimate of drug-likeness (QED) is 0.713. The smallest absolute Gasteiger partial charge is 0.0681 e. The predicted octanol–water partition coefficient (Wildman–Crippen LogP) is 4.23. The van der Waals surface area contributed by atoms with Crippen molar-refractivity contribution >= 4 is 0 Å². The molecule has 0 spiro atoms. The van der Waals surface area contributed by atoms with Crippen LogP contribution in [0.2, 0.25) is 0 Å². The molecule has 0 aliphatic rings. The van der Waals surface area contributed by atoms with Crippen molar-refractivity contribution in [1.82, 2.24) is 5.32 Å². The molecule has 0 aromatic heterocycles. The average Bonchev–Trinajstić information content (AvgIpc) is 2.68. The first kappa shape index (κ1) is 16.4. The van der Waals surface area contributed by atoms with Gasteiger partial charge in [0.2, 0.25) is 0 Å². The Hall–Kier alpha value is -2.42. The zero-order valence-corrected chi connectivity index (χ0v) is 13.9. The Balaban J connectivity index is 1.88. The van der Waals surface area contributed by atoms with Crippen molar-refractivity contribution in [3.8, 4) is 0 Å². The maximum atomic E-state index is 9.17. The van der Waals surface area contributed by atoms with Gasteiger partial charge < -0.3 is 5.11 Å². The molecule has 0 bridgehead atoms. The van der Waals surface area contributed by atoms with E-state index in [0.29, 0.717) is 0 Å². The van der Waals surface area contributed by atoms with Crippen LogP contribution in [0.25, 0.3) is 0 Å². The number of aliphatic hydroxyl groups excluding tert-OH is 1. The molecule has 0 aliphatic heterocycles. The van der Waals surface area contributed by atoms with E-state index >= 15 is 0 Å². The molecule has 2 nitrogen and oxygen atoms in total. The highest BCUT2D eigenvalue weighted by Crippen LogP contribution is 2.29. The van der Waals surface area contributed by atoms with Crippen LogP contribution in [0.5, 0.6) is 0 Å². The fourth-order valence-corrected chi connectivity index (χ4v) is 2.96. The van der Waals surface area contributed by atoms with Crippen LogP contribution in [0, 0.1) is 0 Å². The normalized spacial score (nSPS) is 11.4. The summed E-state index contributed by atoms with van der Waals surface area (Å²) in [6, 6.07) is 29.1. The van der Waals surface area contributed by atoms with Gasteiger partial charge in [-0.15, -0.1) is 0 Å². The second-order valence-electron chi connectivity index (χ2n) is 6.19. The van der Waals surface area contributed by atoms with Gasteiger partial charge in [-0.25, -0.2) is 0 Å². The van der Waals surface area contributed by atoms with E-state index in [0.717, 1.165) is 12.1 Å². The molecule has 2 heteroatoms. The summed E-state index contributed by atoms with van der Waals surface area (Å²) in [6.07, 6.45) is 0. The Morgan fingerprint density at radius 1 is 0.708 bits per heavy atom. The molecule has 0 fully saturated rings. The van der Waals surface area contributed by atoms with Gasteiger partial charge in [0.05, 0.1) is 12.1 Å². The SMILES string of the molecule is CC(NCc1ccc(CO)cc1)(c1ccccc1)c1ccccc1. The molecular formula is C22H23NO. The maximum Gasteiger partial charge on any atom is 0.0681 e. The molecular weight excluding hydrogens is 294 g/mol. The zero-order valence-electron chi connectivity index (χ0n) is 13.9. The summed E-state index contributed by atoms with van der Waals surface area (Å²) in [5.41, 5.74) is 4.35. The van der Waals surface area contributed by atoms with Gasteiger partial charge >= 0.3 is 0 Å². The summed E-state index contributed by atoms with van der Waals surface area (Å²) in [5, 5.41) is 12.9. The fraction of sp³-hybridized carbons (Fsp3) is 0.182. The van der Waals surface area contributed by atoms with Gasteiger partial charge in [0.25, 0.3) is 0 Å². The van der Waals surface area contributed by atoms with Gasteiger partial charge in [-0.2, -0.15) is 0 Å². The Kier molecular flexibility index (Phi) is 5.09. The first-order valence-electron chi connectivity index (χ1n) is 8.27. The van der Waals surface area contributed by atoms with Crippen LogP contribution >= 0.6 is 0 Å². The lowest BCUT2D eigenvalue weighted by atomic mass is 9.84. The molecule has 0 saturated carbocycles. The Bertz CT molecular complexity index is 711. The predicted molar refractivity (Wildman–Crippen MR) is 98.5 cm³/mol. The molecule has 0 saturated heterocycles. The summed E-state index contributed by atoms with van der Waals surface area (Å²) in [6.45, 7) is 3.06. The van der Waals surface area contributed by atoms with Crippen molar-refractivity contribution in [2.45, 2.75) is 25.6 Å².